The van der Waals surface area contributed by atoms with Crippen LogP contribution in [0.4, 0.5) is 0 Å². The topological polar surface area (TPSA) is 30.7 Å². The molecule has 0 radical (unpaired) electrons. The number of aromatic nitrogens is 3. The highest BCUT2D eigenvalue weighted by atomic mass is 32.1. The highest BCUT2D eigenvalue weighted by Crippen LogP contribution is 2.42. The first kappa shape index (κ1) is 35.7. The van der Waals surface area contributed by atoms with Gasteiger partial charge in [-0.15, -0.1) is 0 Å². The van der Waals surface area contributed by atoms with Crippen molar-refractivity contribution in [2.45, 2.75) is 0 Å². The molecule has 0 saturated heterocycles. The van der Waals surface area contributed by atoms with Crippen molar-refractivity contribution in [1.29, 1.82) is 0 Å². The van der Waals surface area contributed by atoms with Crippen LogP contribution in [0.1, 0.15) is 0 Å². The summed E-state index contributed by atoms with van der Waals surface area (Å²) >= 11 is 3.53. The van der Waals surface area contributed by atoms with E-state index in [9.17, 15) is 0 Å². The second-order valence-electron chi connectivity index (χ2n) is 13.8. The summed E-state index contributed by atoms with van der Waals surface area (Å²) in [5.41, 5.74) is 15.3. The third kappa shape index (κ3) is 7.04. The van der Waals surface area contributed by atoms with Crippen molar-refractivity contribution in [3.63, 3.8) is 0 Å². The molecule has 0 amide bonds. The second-order valence-corrected chi connectivity index (χ2v) is 13.8. The summed E-state index contributed by atoms with van der Waals surface area (Å²) in [6.45, 7) is 0. The Morgan fingerprint density at radius 1 is 0.351 bits per heavy atom. The van der Waals surface area contributed by atoms with Gasteiger partial charge in [-0.2, -0.15) is 12.6 Å². The van der Waals surface area contributed by atoms with E-state index in [0.29, 0.717) is 5.82 Å². The van der Waals surface area contributed by atoms with E-state index in [0.717, 1.165) is 44.8 Å². The van der Waals surface area contributed by atoms with Gasteiger partial charge in [0.1, 0.15) is 0 Å². The molecule has 57 heavy (non-hydrogen) atoms. The molecule has 0 aliphatic rings. The molecule has 0 aliphatic carbocycles. The van der Waals surface area contributed by atoms with E-state index in [4.69, 9.17) is 9.97 Å². The Balaban J connectivity index is 0.00000208. The van der Waals surface area contributed by atoms with Crippen LogP contribution in [0.25, 0.3) is 94.8 Å². The quantitative estimate of drug-likeness (QED) is 0.165. The smallest absolute Gasteiger partial charge is 0.160 e. The summed E-state index contributed by atoms with van der Waals surface area (Å²) in [7, 11) is 0. The first-order valence-corrected chi connectivity index (χ1v) is 20.0. The number of hydrogen-bond acceptors (Lipinski definition) is 3. The van der Waals surface area contributed by atoms with Gasteiger partial charge in [-0.05, 0) is 76.5 Å². The molecular weight excluding hydrogens is 711 g/mol. The normalized spacial score (nSPS) is 11.0. The SMILES string of the molecule is CS.c1ccc(-c2cccc(-c3cc(-c4ccccc4)c4c(c3)c3ccccc3n4-c3cccc(-c4nc(-c5ccccc5)cc(-c5ccccc5)n4)c3)c2)cc1. The van der Waals surface area contributed by atoms with Crippen LogP contribution in [0.3, 0.4) is 0 Å². The summed E-state index contributed by atoms with van der Waals surface area (Å²) in [5, 5.41) is 2.41. The Bertz CT molecular complexity index is 2900. The fourth-order valence-electron chi connectivity index (χ4n) is 7.75. The third-order valence-corrected chi connectivity index (χ3v) is 10.4. The fourth-order valence-corrected chi connectivity index (χ4v) is 7.75. The molecule has 3 nitrogen and oxygen atoms in total. The predicted octanol–water partition coefficient (Wildman–Crippen LogP) is 14.1. The highest BCUT2D eigenvalue weighted by molar-refractivity contribution is 7.79. The number of hydrogen-bond donors (Lipinski definition) is 1. The Morgan fingerprint density at radius 2 is 0.842 bits per heavy atom. The zero-order valence-corrected chi connectivity index (χ0v) is 32.4. The molecule has 272 valence electrons. The van der Waals surface area contributed by atoms with E-state index in [1.165, 1.54) is 44.2 Å². The van der Waals surface area contributed by atoms with Crippen LogP contribution >= 0.6 is 12.6 Å². The van der Waals surface area contributed by atoms with Crippen molar-refractivity contribution in [1.82, 2.24) is 14.5 Å². The Labute approximate surface area is 339 Å². The number of nitrogens with zero attached hydrogens (tertiary/aromatic N) is 3. The van der Waals surface area contributed by atoms with Gasteiger partial charge < -0.3 is 4.57 Å². The van der Waals surface area contributed by atoms with Crippen molar-refractivity contribution in [3.8, 4) is 73.0 Å². The summed E-state index contributed by atoms with van der Waals surface area (Å²) in [5.74, 6) is 0.687. The minimum Gasteiger partial charge on any atom is -0.309 e. The second kappa shape index (κ2) is 16.0. The fraction of sp³-hybridized carbons (Fsp3) is 0.0189. The lowest BCUT2D eigenvalue weighted by atomic mass is 9.93. The number of fused-ring (bicyclic) bond motifs is 3. The Kier molecular flexibility index (Phi) is 10.0. The van der Waals surface area contributed by atoms with Crippen molar-refractivity contribution in [2.75, 3.05) is 6.26 Å². The van der Waals surface area contributed by atoms with Crippen LogP contribution in [-0.2, 0) is 0 Å². The first-order chi connectivity index (χ1) is 28.3. The monoisotopic (exact) mass is 749 g/mol. The summed E-state index contributed by atoms with van der Waals surface area (Å²) < 4.78 is 2.42. The van der Waals surface area contributed by atoms with Gasteiger partial charge in [0.25, 0.3) is 0 Å². The first-order valence-electron chi connectivity index (χ1n) is 19.1. The largest absolute Gasteiger partial charge is 0.309 e. The van der Waals surface area contributed by atoms with E-state index in [1.54, 1.807) is 6.26 Å². The standard InChI is InChI=1S/C52H35N3.CH4S/c1-5-17-36(18-6-1)40-25-15-26-41(31-40)43-33-46(37-19-7-2-8-20-37)51-47(34-43)45-29-13-14-30-50(45)55(51)44-28-16-27-42(32-44)52-53-48(38-21-9-3-10-22-38)35-49(54-52)39-23-11-4-12-24-39;1-2/h1-35H;2H,1H3. The maximum atomic E-state index is 5.17. The number of para-hydroxylation sites is 1. The summed E-state index contributed by atoms with van der Waals surface area (Å²) in [4.78, 5) is 10.3. The van der Waals surface area contributed by atoms with Crippen LogP contribution in [-0.4, -0.2) is 20.8 Å². The molecule has 2 heterocycles. The van der Waals surface area contributed by atoms with Gasteiger partial charge in [0, 0.05) is 38.7 Å². The Morgan fingerprint density at radius 3 is 1.47 bits per heavy atom. The highest BCUT2D eigenvalue weighted by Gasteiger charge is 2.20. The van der Waals surface area contributed by atoms with E-state index < -0.39 is 0 Å². The van der Waals surface area contributed by atoms with Crippen LogP contribution in [0, 0.1) is 0 Å². The van der Waals surface area contributed by atoms with Crippen molar-refractivity contribution in [2.24, 2.45) is 0 Å². The van der Waals surface area contributed by atoms with Gasteiger partial charge in [-0.25, -0.2) is 9.97 Å². The van der Waals surface area contributed by atoms with Crippen LogP contribution in [0.15, 0.2) is 212 Å². The number of rotatable bonds is 7. The zero-order chi connectivity index (χ0) is 38.6. The van der Waals surface area contributed by atoms with Gasteiger partial charge in [-0.3, -0.25) is 0 Å². The van der Waals surface area contributed by atoms with Crippen LogP contribution in [0.5, 0.6) is 0 Å². The van der Waals surface area contributed by atoms with Crippen molar-refractivity contribution >= 4 is 34.4 Å². The molecular formula is C53H39N3S. The third-order valence-electron chi connectivity index (χ3n) is 10.4. The van der Waals surface area contributed by atoms with Gasteiger partial charge in [0.2, 0.25) is 0 Å². The average molecular weight is 750 g/mol. The number of thiol groups is 1. The lowest BCUT2D eigenvalue weighted by Crippen LogP contribution is -1.99. The zero-order valence-electron chi connectivity index (χ0n) is 31.5. The summed E-state index contributed by atoms with van der Waals surface area (Å²) in [6, 6.07) is 75.2. The van der Waals surface area contributed by atoms with E-state index in [1.807, 2.05) is 12.1 Å². The van der Waals surface area contributed by atoms with E-state index in [-0.39, 0.29) is 0 Å². The molecule has 0 aliphatic heterocycles. The van der Waals surface area contributed by atoms with E-state index in [2.05, 4.69) is 217 Å². The molecule has 10 rings (SSSR count). The van der Waals surface area contributed by atoms with Gasteiger partial charge in [0.05, 0.1) is 22.4 Å². The average Bonchev–Trinajstić information content (AvgIpc) is 3.65. The molecule has 8 aromatic carbocycles. The molecule has 0 atom stereocenters. The molecule has 0 saturated carbocycles. The van der Waals surface area contributed by atoms with Crippen LogP contribution < -0.4 is 0 Å². The minimum absolute atomic E-state index is 0.687. The molecule has 10 aromatic rings. The van der Waals surface area contributed by atoms with Crippen LogP contribution in [0.2, 0.25) is 0 Å². The van der Waals surface area contributed by atoms with Gasteiger partial charge >= 0.3 is 0 Å². The lowest BCUT2D eigenvalue weighted by molar-refractivity contribution is 1.16. The van der Waals surface area contributed by atoms with Gasteiger partial charge in [0.15, 0.2) is 5.82 Å². The van der Waals surface area contributed by atoms with Crippen molar-refractivity contribution < 1.29 is 0 Å². The Hall–Kier alpha value is -7.01. The molecule has 0 fully saturated rings. The molecule has 2 aromatic heterocycles. The maximum absolute atomic E-state index is 5.17. The molecule has 4 heteroatoms. The van der Waals surface area contributed by atoms with Gasteiger partial charge in [-0.1, -0.05) is 170 Å². The molecule has 0 spiro atoms. The maximum Gasteiger partial charge on any atom is 0.160 e. The lowest BCUT2D eigenvalue weighted by Gasteiger charge is -2.15. The number of benzene rings is 8. The summed E-state index contributed by atoms with van der Waals surface area (Å²) in [6.07, 6.45) is 1.69. The van der Waals surface area contributed by atoms with Crippen molar-refractivity contribution in [3.05, 3.63) is 212 Å². The molecule has 0 unspecified atom stereocenters. The minimum atomic E-state index is 0.687. The molecule has 0 bridgehead atoms. The predicted molar refractivity (Wildman–Crippen MR) is 244 cm³/mol. The molecule has 0 N–H and O–H groups in total. The van der Waals surface area contributed by atoms with E-state index >= 15 is 0 Å².